The van der Waals surface area contributed by atoms with Gasteiger partial charge in [-0.2, -0.15) is 0 Å². The van der Waals surface area contributed by atoms with Gasteiger partial charge in [-0.05, 0) is 12.1 Å². The number of carbonyl (C=O) groups is 1. The predicted octanol–water partition coefficient (Wildman–Crippen LogP) is 1.65. The molecule has 0 unspecified atom stereocenters. The summed E-state index contributed by atoms with van der Waals surface area (Å²) in [4.78, 5) is 22.6. The molecule has 6 heteroatoms. The summed E-state index contributed by atoms with van der Waals surface area (Å²) in [5.41, 5.74) is 2.12. The van der Waals surface area contributed by atoms with Gasteiger partial charge in [0.15, 0.2) is 0 Å². The Bertz CT molecular complexity index is 597. The molecule has 0 aliphatic carbocycles. The maximum absolute atomic E-state index is 10.7. The minimum atomic E-state index is -0.777. The Morgan fingerprint density at radius 2 is 2.42 bits per heavy atom. The summed E-state index contributed by atoms with van der Waals surface area (Å²) in [6.07, 6.45) is 4.37. The first-order chi connectivity index (χ1) is 9.22. The minimum absolute atomic E-state index is 0.0968. The molecule has 0 radical (unpaired) electrons. The zero-order valence-corrected chi connectivity index (χ0v) is 11.1. The van der Waals surface area contributed by atoms with Crippen molar-refractivity contribution in [3.05, 3.63) is 35.1 Å². The van der Waals surface area contributed by atoms with Crippen LogP contribution in [0.25, 0.3) is 10.6 Å². The van der Waals surface area contributed by atoms with Crippen LogP contribution in [0.15, 0.2) is 24.5 Å². The Balaban J connectivity index is 1.83. The minimum Gasteiger partial charge on any atom is -0.480 e. The van der Waals surface area contributed by atoms with Crippen LogP contribution in [0.2, 0.25) is 0 Å². The number of thiazole rings is 1. The maximum Gasteiger partial charge on any atom is 0.317 e. The summed E-state index contributed by atoms with van der Waals surface area (Å²) in [5, 5.41) is 9.80. The molecule has 1 aliphatic rings. The van der Waals surface area contributed by atoms with Gasteiger partial charge in [0.05, 0.1) is 12.2 Å². The normalized spacial score (nSPS) is 15.2. The highest BCUT2D eigenvalue weighted by atomic mass is 32.1. The number of aliphatic carboxylic acids is 1. The molecule has 2 aromatic heterocycles. The van der Waals surface area contributed by atoms with Crippen LogP contribution in [-0.2, 0) is 17.8 Å². The van der Waals surface area contributed by atoms with E-state index in [0.29, 0.717) is 6.54 Å². The molecule has 0 saturated heterocycles. The zero-order chi connectivity index (χ0) is 13.2. The number of carboxylic acids is 1. The quantitative estimate of drug-likeness (QED) is 0.922. The van der Waals surface area contributed by atoms with E-state index in [0.717, 1.165) is 29.2 Å². The molecule has 1 N–H and O–H groups in total. The molecule has 1 aliphatic heterocycles. The van der Waals surface area contributed by atoms with E-state index in [9.17, 15) is 4.79 Å². The Hall–Kier alpha value is -1.79. The van der Waals surface area contributed by atoms with Gasteiger partial charge in [0, 0.05) is 42.3 Å². The number of hydrogen-bond donors (Lipinski definition) is 1. The topological polar surface area (TPSA) is 66.3 Å². The van der Waals surface area contributed by atoms with Crippen LogP contribution >= 0.6 is 11.3 Å². The number of hydrogen-bond acceptors (Lipinski definition) is 5. The molecular formula is C13H13N3O2S. The van der Waals surface area contributed by atoms with Crippen LogP contribution in [0.3, 0.4) is 0 Å². The first kappa shape index (κ1) is 12.3. The third-order valence-electron chi connectivity index (χ3n) is 3.08. The lowest BCUT2D eigenvalue weighted by Crippen LogP contribution is -2.34. The number of rotatable bonds is 3. The fourth-order valence-corrected chi connectivity index (χ4v) is 3.33. The highest BCUT2D eigenvalue weighted by Gasteiger charge is 2.22. The molecule has 0 spiro atoms. The van der Waals surface area contributed by atoms with Crippen molar-refractivity contribution in [3.8, 4) is 10.6 Å². The van der Waals surface area contributed by atoms with Gasteiger partial charge >= 0.3 is 5.97 Å². The van der Waals surface area contributed by atoms with E-state index < -0.39 is 5.97 Å². The predicted molar refractivity (Wildman–Crippen MR) is 72.0 cm³/mol. The van der Waals surface area contributed by atoms with Crippen LogP contribution < -0.4 is 0 Å². The highest BCUT2D eigenvalue weighted by Crippen LogP contribution is 2.31. The van der Waals surface area contributed by atoms with Crippen molar-refractivity contribution >= 4 is 17.3 Å². The standard InChI is InChI=1S/C13H13N3O2S/c17-12(18)8-16-5-3-10-11(7-16)19-13(15-10)9-2-1-4-14-6-9/h1-2,4,6H,3,5,7-8H2,(H,17,18). The molecule has 0 aromatic carbocycles. The first-order valence-electron chi connectivity index (χ1n) is 6.05. The number of fused-ring (bicyclic) bond motifs is 1. The Morgan fingerprint density at radius 3 is 3.16 bits per heavy atom. The van der Waals surface area contributed by atoms with Gasteiger partial charge in [0.2, 0.25) is 0 Å². The molecule has 2 aromatic rings. The molecule has 3 heterocycles. The number of carboxylic acid groups (broad SMARTS) is 1. The van der Waals surface area contributed by atoms with E-state index >= 15 is 0 Å². The van der Waals surface area contributed by atoms with Crippen LogP contribution in [0.4, 0.5) is 0 Å². The second-order valence-corrected chi connectivity index (χ2v) is 5.57. The molecule has 0 bridgehead atoms. The molecule has 0 fully saturated rings. The fourth-order valence-electron chi connectivity index (χ4n) is 2.19. The van der Waals surface area contributed by atoms with Crippen molar-refractivity contribution in [1.29, 1.82) is 0 Å². The molecule has 5 nitrogen and oxygen atoms in total. The third kappa shape index (κ3) is 2.64. The van der Waals surface area contributed by atoms with Crippen LogP contribution in [0.5, 0.6) is 0 Å². The summed E-state index contributed by atoms with van der Waals surface area (Å²) in [6, 6.07) is 3.89. The Labute approximate surface area is 114 Å². The van der Waals surface area contributed by atoms with E-state index in [-0.39, 0.29) is 6.54 Å². The first-order valence-corrected chi connectivity index (χ1v) is 6.87. The van der Waals surface area contributed by atoms with Crippen LogP contribution in [-0.4, -0.2) is 39.0 Å². The maximum atomic E-state index is 10.7. The van der Waals surface area contributed by atoms with Gasteiger partial charge in [-0.15, -0.1) is 11.3 Å². The zero-order valence-electron chi connectivity index (χ0n) is 10.2. The second kappa shape index (κ2) is 5.07. The molecular weight excluding hydrogens is 262 g/mol. The number of aromatic nitrogens is 2. The van der Waals surface area contributed by atoms with Crippen molar-refractivity contribution in [2.24, 2.45) is 0 Å². The van der Waals surface area contributed by atoms with Crippen molar-refractivity contribution in [2.75, 3.05) is 13.1 Å². The van der Waals surface area contributed by atoms with Crippen molar-refractivity contribution in [1.82, 2.24) is 14.9 Å². The van der Waals surface area contributed by atoms with E-state index in [1.807, 2.05) is 17.0 Å². The van der Waals surface area contributed by atoms with Crippen LogP contribution in [0, 0.1) is 0 Å². The van der Waals surface area contributed by atoms with Crippen molar-refractivity contribution < 1.29 is 9.90 Å². The Kier molecular flexibility index (Phi) is 3.27. The van der Waals surface area contributed by atoms with E-state index in [4.69, 9.17) is 5.11 Å². The lowest BCUT2D eigenvalue weighted by molar-refractivity contribution is -0.138. The summed E-state index contributed by atoms with van der Waals surface area (Å²) in [6.45, 7) is 1.54. The van der Waals surface area contributed by atoms with Gasteiger partial charge in [0.1, 0.15) is 5.01 Å². The molecule has 0 amide bonds. The molecule has 98 valence electrons. The largest absolute Gasteiger partial charge is 0.480 e. The number of pyridine rings is 1. The van der Waals surface area contributed by atoms with E-state index in [2.05, 4.69) is 9.97 Å². The number of nitrogens with zero attached hydrogens (tertiary/aromatic N) is 3. The van der Waals surface area contributed by atoms with E-state index in [1.165, 1.54) is 4.88 Å². The molecule has 19 heavy (non-hydrogen) atoms. The van der Waals surface area contributed by atoms with Gasteiger partial charge < -0.3 is 5.11 Å². The molecule has 3 rings (SSSR count). The monoisotopic (exact) mass is 275 g/mol. The van der Waals surface area contributed by atoms with Crippen molar-refractivity contribution in [3.63, 3.8) is 0 Å². The SMILES string of the molecule is O=C(O)CN1CCc2nc(-c3cccnc3)sc2C1. The summed E-state index contributed by atoms with van der Waals surface area (Å²) in [5.74, 6) is -0.777. The average molecular weight is 275 g/mol. The van der Waals surface area contributed by atoms with Crippen LogP contribution in [0.1, 0.15) is 10.6 Å². The van der Waals surface area contributed by atoms with Crippen molar-refractivity contribution in [2.45, 2.75) is 13.0 Å². The van der Waals surface area contributed by atoms with Gasteiger partial charge in [-0.25, -0.2) is 4.98 Å². The summed E-state index contributed by atoms with van der Waals surface area (Å²) in [7, 11) is 0. The lowest BCUT2D eigenvalue weighted by atomic mass is 10.2. The van der Waals surface area contributed by atoms with Gasteiger partial charge in [0.25, 0.3) is 0 Å². The molecule has 0 atom stereocenters. The Morgan fingerprint density at radius 1 is 1.53 bits per heavy atom. The molecule has 0 saturated carbocycles. The van der Waals surface area contributed by atoms with Gasteiger partial charge in [-0.1, -0.05) is 0 Å². The summed E-state index contributed by atoms with van der Waals surface area (Å²) < 4.78 is 0. The smallest absolute Gasteiger partial charge is 0.317 e. The highest BCUT2D eigenvalue weighted by molar-refractivity contribution is 7.15. The van der Waals surface area contributed by atoms with Gasteiger partial charge in [-0.3, -0.25) is 14.7 Å². The third-order valence-corrected chi connectivity index (χ3v) is 4.21. The second-order valence-electron chi connectivity index (χ2n) is 4.48. The lowest BCUT2D eigenvalue weighted by Gasteiger charge is -2.23. The van der Waals surface area contributed by atoms with E-state index in [1.54, 1.807) is 23.7 Å². The summed E-state index contributed by atoms with van der Waals surface area (Å²) >= 11 is 1.63. The average Bonchev–Trinajstić information content (AvgIpc) is 2.82. The fraction of sp³-hybridized carbons (Fsp3) is 0.308.